The van der Waals surface area contributed by atoms with Gasteiger partial charge in [0.2, 0.25) is 12.2 Å². The number of para-hydroxylation sites is 1. The van der Waals surface area contributed by atoms with Gasteiger partial charge in [-0.1, -0.05) is 49.4 Å². The smallest absolute Gasteiger partial charge is 0.211 e. The molecule has 0 radical (unpaired) electrons. The largest absolute Gasteiger partial charge is 0.240 e. The van der Waals surface area contributed by atoms with Crippen LogP contribution in [0.2, 0.25) is 0 Å². The molecule has 2 rings (SSSR count). The molecule has 0 saturated carbocycles. The fourth-order valence-corrected chi connectivity index (χ4v) is 2.46. The quantitative estimate of drug-likeness (QED) is 0.609. The molecule has 0 aliphatic rings. The molecule has 0 amide bonds. The molecule has 0 aliphatic carbocycles. The van der Waals surface area contributed by atoms with E-state index in [1.165, 1.54) is 12.2 Å². The molecule has 1 unspecified atom stereocenters. The lowest BCUT2D eigenvalue weighted by molar-refractivity contribution is 0.564. The van der Waals surface area contributed by atoms with Crippen LogP contribution in [0.3, 0.4) is 0 Å². The highest BCUT2D eigenvalue weighted by Crippen LogP contribution is 2.39. The maximum atomic E-state index is 10.7. The summed E-state index contributed by atoms with van der Waals surface area (Å²) in [6.45, 7) is 2.06. The van der Waals surface area contributed by atoms with Crippen molar-refractivity contribution < 1.29 is 9.59 Å². The molecular weight excluding hydrogens is 264 g/mol. The van der Waals surface area contributed by atoms with Crippen molar-refractivity contribution in [3.8, 4) is 0 Å². The first kappa shape index (κ1) is 14.6. The number of hydrogen-bond acceptors (Lipinski definition) is 4. The van der Waals surface area contributed by atoms with Gasteiger partial charge >= 0.3 is 0 Å². The van der Waals surface area contributed by atoms with Gasteiger partial charge in [-0.2, -0.15) is 9.98 Å². The van der Waals surface area contributed by atoms with Crippen molar-refractivity contribution in [3.05, 3.63) is 59.7 Å². The Morgan fingerprint density at radius 2 is 1.67 bits per heavy atom. The van der Waals surface area contributed by atoms with E-state index in [1.54, 1.807) is 12.1 Å². The minimum absolute atomic E-state index is 0.0695. The molecule has 21 heavy (non-hydrogen) atoms. The van der Waals surface area contributed by atoms with Crippen LogP contribution in [0.25, 0.3) is 0 Å². The lowest BCUT2D eigenvalue weighted by Crippen LogP contribution is -2.00. The van der Waals surface area contributed by atoms with Crippen LogP contribution in [0.4, 0.5) is 11.4 Å². The van der Waals surface area contributed by atoms with Crippen LogP contribution in [0.1, 0.15) is 30.4 Å². The zero-order valence-electron chi connectivity index (χ0n) is 11.6. The molecule has 2 aromatic carbocycles. The van der Waals surface area contributed by atoms with E-state index in [0.29, 0.717) is 11.4 Å². The third-order valence-electron chi connectivity index (χ3n) is 3.36. The summed E-state index contributed by atoms with van der Waals surface area (Å²) in [4.78, 5) is 28.6. The summed E-state index contributed by atoms with van der Waals surface area (Å²) in [5.74, 6) is 0.0695. The van der Waals surface area contributed by atoms with Crippen molar-refractivity contribution in [3.63, 3.8) is 0 Å². The molecule has 1 atom stereocenters. The Kier molecular flexibility index (Phi) is 4.94. The highest BCUT2D eigenvalue weighted by Gasteiger charge is 2.18. The van der Waals surface area contributed by atoms with E-state index >= 15 is 0 Å². The summed E-state index contributed by atoms with van der Waals surface area (Å²) in [6, 6.07) is 15.2. The van der Waals surface area contributed by atoms with E-state index < -0.39 is 0 Å². The molecular formula is C17H14N2O2. The van der Waals surface area contributed by atoms with Crippen LogP contribution in [-0.2, 0) is 9.59 Å². The predicted molar refractivity (Wildman–Crippen MR) is 80.6 cm³/mol. The van der Waals surface area contributed by atoms with Crippen molar-refractivity contribution in [2.75, 3.05) is 0 Å². The minimum Gasteiger partial charge on any atom is -0.211 e. The monoisotopic (exact) mass is 278 g/mol. The van der Waals surface area contributed by atoms with Crippen molar-refractivity contribution in [2.24, 2.45) is 9.98 Å². The highest BCUT2D eigenvalue weighted by atomic mass is 16.1. The van der Waals surface area contributed by atoms with Gasteiger partial charge in [0.05, 0.1) is 0 Å². The Hall–Kier alpha value is -2.80. The lowest BCUT2D eigenvalue weighted by atomic mass is 9.88. The Morgan fingerprint density at radius 1 is 0.952 bits per heavy atom. The summed E-state index contributed by atoms with van der Waals surface area (Å²) in [7, 11) is 0. The van der Waals surface area contributed by atoms with Crippen molar-refractivity contribution in [1.29, 1.82) is 0 Å². The molecule has 0 heterocycles. The minimum atomic E-state index is 0.0695. The summed E-state index contributed by atoms with van der Waals surface area (Å²) in [5, 5.41) is 0. The third-order valence-corrected chi connectivity index (χ3v) is 3.36. The van der Waals surface area contributed by atoms with E-state index in [1.807, 2.05) is 36.4 Å². The van der Waals surface area contributed by atoms with Crippen LogP contribution in [0.5, 0.6) is 0 Å². The van der Waals surface area contributed by atoms with Gasteiger partial charge < -0.3 is 0 Å². The van der Waals surface area contributed by atoms with Gasteiger partial charge in [-0.05, 0) is 23.6 Å². The van der Waals surface area contributed by atoms with E-state index in [2.05, 4.69) is 16.9 Å². The number of benzene rings is 2. The van der Waals surface area contributed by atoms with Gasteiger partial charge in [0.1, 0.15) is 11.4 Å². The van der Waals surface area contributed by atoms with Gasteiger partial charge in [-0.3, -0.25) is 0 Å². The average Bonchev–Trinajstić information content (AvgIpc) is 2.52. The van der Waals surface area contributed by atoms with E-state index in [4.69, 9.17) is 0 Å². The van der Waals surface area contributed by atoms with E-state index in [9.17, 15) is 9.59 Å². The summed E-state index contributed by atoms with van der Waals surface area (Å²) in [6.07, 6.45) is 3.86. The standard InChI is InChI=1S/C17H14N2O2/c1-2-14(13-7-4-3-5-8-13)15-9-6-10-16(18-11-20)17(15)19-12-21/h3-10,14H,2H2,1H3. The molecule has 4 heteroatoms. The number of carbonyl (C=O) groups excluding carboxylic acids is 2. The molecule has 0 N–H and O–H groups in total. The third kappa shape index (κ3) is 3.21. The van der Waals surface area contributed by atoms with Crippen LogP contribution < -0.4 is 0 Å². The zero-order valence-corrected chi connectivity index (χ0v) is 11.6. The maximum absolute atomic E-state index is 10.7. The van der Waals surface area contributed by atoms with Gasteiger partial charge in [0.15, 0.2) is 0 Å². The summed E-state index contributed by atoms with van der Waals surface area (Å²) >= 11 is 0. The van der Waals surface area contributed by atoms with Crippen LogP contribution in [0.15, 0.2) is 58.5 Å². The predicted octanol–water partition coefficient (Wildman–Crippen LogP) is 4.16. The molecule has 2 aromatic rings. The molecule has 0 spiro atoms. The SMILES string of the molecule is CCC(c1ccccc1)c1cccc(N=C=O)c1N=C=O. The van der Waals surface area contributed by atoms with Crippen LogP contribution >= 0.6 is 0 Å². The molecule has 4 nitrogen and oxygen atoms in total. The maximum Gasteiger partial charge on any atom is 0.240 e. The average molecular weight is 278 g/mol. The molecule has 0 aromatic heterocycles. The number of rotatable bonds is 5. The van der Waals surface area contributed by atoms with Crippen molar-refractivity contribution in [1.82, 2.24) is 0 Å². The Morgan fingerprint density at radius 3 is 2.29 bits per heavy atom. The fourth-order valence-electron chi connectivity index (χ4n) is 2.46. The molecule has 104 valence electrons. The van der Waals surface area contributed by atoms with Gasteiger partial charge in [0.25, 0.3) is 0 Å². The Bertz CT molecular complexity index is 713. The lowest BCUT2D eigenvalue weighted by Gasteiger charge is -2.18. The molecule has 0 aliphatic heterocycles. The van der Waals surface area contributed by atoms with Crippen LogP contribution in [0, 0.1) is 0 Å². The first-order valence-corrected chi connectivity index (χ1v) is 6.65. The number of aliphatic imine (C=N–C) groups is 2. The first-order chi connectivity index (χ1) is 10.3. The Balaban J connectivity index is 2.63. The number of isocyanates is 2. The van der Waals surface area contributed by atoms with Crippen molar-refractivity contribution >= 4 is 23.5 Å². The van der Waals surface area contributed by atoms with E-state index in [-0.39, 0.29) is 5.92 Å². The van der Waals surface area contributed by atoms with Crippen LogP contribution in [-0.4, -0.2) is 12.2 Å². The summed E-state index contributed by atoms with van der Waals surface area (Å²) in [5.41, 5.74) is 2.69. The summed E-state index contributed by atoms with van der Waals surface area (Å²) < 4.78 is 0. The Labute approximate surface area is 122 Å². The molecule has 0 fully saturated rings. The van der Waals surface area contributed by atoms with E-state index in [0.717, 1.165) is 17.5 Å². The second-order valence-electron chi connectivity index (χ2n) is 4.49. The zero-order chi connectivity index (χ0) is 15.1. The second kappa shape index (κ2) is 7.11. The molecule has 0 saturated heterocycles. The normalized spacial score (nSPS) is 11.1. The fraction of sp³-hybridized carbons (Fsp3) is 0.176. The first-order valence-electron chi connectivity index (χ1n) is 6.65. The topological polar surface area (TPSA) is 58.9 Å². The van der Waals surface area contributed by atoms with Gasteiger partial charge in [-0.15, -0.1) is 0 Å². The highest BCUT2D eigenvalue weighted by molar-refractivity contribution is 5.72. The second-order valence-corrected chi connectivity index (χ2v) is 4.49. The van der Waals surface area contributed by atoms with Gasteiger partial charge in [-0.25, -0.2) is 9.59 Å². The number of hydrogen-bond donors (Lipinski definition) is 0. The molecule has 0 bridgehead atoms. The number of nitrogens with zero attached hydrogens (tertiary/aromatic N) is 2. The van der Waals surface area contributed by atoms with Crippen molar-refractivity contribution in [2.45, 2.75) is 19.3 Å². The van der Waals surface area contributed by atoms with Gasteiger partial charge in [0, 0.05) is 5.92 Å².